The topological polar surface area (TPSA) is 97.1 Å². The molecule has 37 heavy (non-hydrogen) atoms. The van der Waals surface area contributed by atoms with Crippen molar-refractivity contribution < 1.29 is 18.8 Å². The van der Waals surface area contributed by atoms with E-state index in [1.54, 1.807) is 20.4 Å². The number of methoxy groups -OCH3 is 2. The molecule has 2 aliphatic rings. The predicted molar refractivity (Wildman–Crippen MR) is 141 cm³/mol. The minimum Gasteiger partial charge on any atom is -0.497 e. The first-order chi connectivity index (χ1) is 17.9. The normalized spacial score (nSPS) is 17.7. The van der Waals surface area contributed by atoms with Crippen LogP contribution in [0.2, 0.25) is 0 Å². The standard InChI is InChI=1S/C27H34N6O4/c1-5-24(34)23-16-20(6-9-28-23)32-10-7-27(8-11-32)18-33(13-12-31(27)2)26-29-25(30-37-26)19-14-21(35-3)17-22(15-19)36-4/h6,9,14-17H,5,7-8,10-13,18H2,1-4H3. The molecule has 0 N–H and O–H groups in total. The number of hydrogen-bond acceptors (Lipinski definition) is 10. The highest BCUT2D eigenvalue weighted by molar-refractivity contribution is 5.94. The summed E-state index contributed by atoms with van der Waals surface area (Å²) in [5.41, 5.74) is 2.40. The maximum absolute atomic E-state index is 12.1. The van der Waals surface area contributed by atoms with Crippen molar-refractivity contribution in [1.82, 2.24) is 20.0 Å². The van der Waals surface area contributed by atoms with E-state index in [9.17, 15) is 4.79 Å². The molecular weight excluding hydrogens is 472 g/mol. The van der Waals surface area contributed by atoms with Crippen molar-refractivity contribution in [1.29, 1.82) is 0 Å². The van der Waals surface area contributed by atoms with Gasteiger partial charge >= 0.3 is 6.01 Å². The smallest absolute Gasteiger partial charge is 0.324 e. The lowest BCUT2D eigenvalue weighted by molar-refractivity contribution is 0.0736. The number of anilines is 2. The van der Waals surface area contributed by atoms with E-state index in [-0.39, 0.29) is 11.3 Å². The fourth-order valence-corrected chi connectivity index (χ4v) is 5.29. The molecule has 1 aromatic carbocycles. The molecule has 2 fully saturated rings. The van der Waals surface area contributed by atoms with Gasteiger partial charge in [0.05, 0.1) is 14.2 Å². The molecule has 10 nitrogen and oxygen atoms in total. The highest BCUT2D eigenvalue weighted by Gasteiger charge is 2.43. The maximum Gasteiger partial charge on any atom is 0.324 e. The fraction of sp³-hybridized carbons (Fsp3) is 0.481. The molecular formula is C27H34N6O4. The van der Waals surface area contributed by atoms with E-state index in [0.29, 0.717) is 35.5 Å². The third kappa shape index (κ3) is 4.98. The number of nitrogens with zero attached hydrogens (tertiary/aromatic N) is 6. The second-order valence-electron chi connectivity index (χ2n) is 9.73. The van der Waals surface area contributed by atoms with Crippen molar-refractivity contribution in [2.45, 2.75) is 31.7 Å². The van der Waals surface area contributed by atoms with Gasteiger partial charge in [-0.3, -0.25) is 14.7 Å². The van der Waals surface area contributed by atoms with E-state index in [4.69, 9.17) is 19.0 Å². The van der Waals surface area contributed by atoms with Gasteiger partial charge in [-0.15, -0.1) is 0 Å². The first kappa shape index (κ1) is 25.0. The number of pyridine rings is 1. The lowest BCUT2D eigenvalue weighted by Crippen LogP contribution is -2.64. The number of ether oxygens (including phenoxy) is 2. The largest absolute Gasteiger partial charge is 0.497 e. The van der Waals surface area contributed by atoms with Crippen LogP contribution in [0.5, 0.6) is 11.5 Å². The van der Waals surface area contributed by atoms with Gasteiger partial charge in [0.1, 0.15) is 17.2 Å². The molecule has 1 spiro atoms. The number of benzene rings is 1. The Morgan fingerprint density at radius 3 is 2.43 bits per heavy atom. The van der Waals surface area contributed by atoms with Gasteiger partial charge < -0.3 is 23.8 Å². The third-order valence-corrected chi connectivity index (χ3v) is 7.71. The van der Waals surface area contributed by atoms with Crippen molar-refractivity contribution >= 4 is 17.5 Å². The Bertz CT molecular complexity index is 1230. The Labute approximate surface area is 217 Å². The number of hydrogen-bond donors (Lipinski definition) is 0. The van der Waals surface area contributed by atoms with Gasteiger partial charge in [-0.05, 0) is 44.2 Å². The van der Waals surface area contributed by atoms with Crippen LogP contribution >= 0.6 is 0 Å². The zero-order chi connectivity index (χ0) is 26.0. The zero-order valence-corrected chi connectivity index (χ0v) is 21.9. The van der Waals surface area contributed by atoms with Gasteiger partial charge in [0.15, 0.2) is 5.78 Å². The van der Waals surface area contributed by atoms with Gasteiger partial charge in [0.25, 0.3) is 0 Å². The molecule has 4 heterocycles. The number of likely N-dealkylation sites (N-methyl/N-ethyl adjacent to an activating group) is 1. The molecule has 0 unspecified atom stereocenters. The summed E-state index contributed by atoms with van der Waals surface area (Å²) in [6, 6.07) is 10.0. The molecule has 0 bridgehead atoms. The molecule has 2 aliphatic heterocycles. The van der Waals surface area contributed by atoms with Crippen LogP contribution in [0.4, 0.5) is 11.7 Å². The van der Waals surface area contributed by atoms with E-state index >= 15 is 0 Å². The van der Waals surface area contributed by atoms with E-state index in [1.165, 1.54) is 0 Å². The van der Waals surface area contributed by atoms with E-state index in [0.717, 1.165) is 56.8 Å². The number of piperazine rings is 1. The molecule has 0 saturated carbocycles. The number of Topliss-reactive ketones (excluding diaryl/α,β-unsaturated/α-hetero) is 1. The van der Waals surface area contributed by atoms with E-state index in [2.05, 4.69) is 31.9 Å². The first-order valence-electron chi connectivity index (χ1n) is 12.7. The molecule has 2 saturated heterocycles. The third-order valence-electron chi connectivity index (χ3n) is 7.71. The lowest BCUT2D eigenvalue weighted by Gasteiger charge is -2.53. The summed E-state index contributed by atoms with van der Waals surface area (Å²) in [6.07, 6.45) is 4.19. The molecule has 0 amide bonds. The van der Waals surface area contributed by atoms with Crippen molar-refractivity contribution in [3.05, 3.63) is 42.2 Å². The minimum absolute atomic E-state index is 0.0116. The average molecular weight is 507 g/mol. The van der Waals surface area contributed by atoms with Gasteiger partial charge in [0, 0.05) is 68.2 Å². The molecule has 0 radical (unpaired) electrons. The molecule has 0 atom stereocenters. The first-order valence-corrected chi connectivity index (χ1v) is 12.7. The van der Waals surface area contributed by atoms with Crippen molar-refractivity contribution in [2.75, 3.05) is 63.8 Å². The molecule has 3 aromatic rings. The van der Waals surface area contributed by atoms with E-state index < -0.39 is 0 Å². The van der Waals surface area contributed by atoms with Gasteiger partial charge in [-0.25, -0.2) is 0 Å². The van der Waals surface area contributed by atoms with Crippen LogP contribution in [0.3, 0.4) is 0 Å². The fourth-order valence-electron chi connectivity index (χ4n) is 5.29. The van der Waals surface area contributed by atoms with E-state index in [1.807, 2.05) is 37.3 Å². The van der Waals surface area contributed by atoms with Crippen LogP contribution < -0.4 is 19.3 Å². The van der Waals surface area contributed by atoms with Crippen LogP contribution in [0.1, 0.15) is 36.7 Å². The highest BCUT2D eigenvalue weighted by Crippen LogP contribution is 2.36. The summed E-state index contributed by atoms with van der Waals surface area (Å²) in [7, 11) is 5.44. The number of carbonyl (C=O) groups is 1. The SMILES string of the molecule is CCC(=O)c1cc(N2CCC3(CC2)CN(c2nc(-c4cc(OC)cc(OC)c4)no2)CCN3C)ccn1. The summed E-state index contributed by atoms with van der Waals surface area (Å²) in [5, 5.41) is 4.25. The summed E-state index contributed by atoms with van der Waals surface area (Å²) < 4.78 is 16.5. The quantitative estimate of drug-likeness (QED) is 0.443. The Morgan fingerprint density at radius 2 is 1.76 bits per heavy atom. The van der Waals surface area contributed by atoms with Gasteiger partial charge in [0.2, 0.25) is 5.82 Å². The summed E-state index contributed by atoms with van der Waals surface area (Å²) in [4.78, 5) is 28.2. The predicted octanol–water partition coefficient (Wildman–Crippen LogP) is 3.53. The summed E-state index contributed by atoms with van der Waals surface area (Å²) in [6.45, 7) is 6.22. The lowest BCUT2D eigenvalue weighted by atomic mass is 9.83. The Hall–Kier alpha value is -3.66. The van der Waals surface area contributed by atoms with Crippen molar-refractivity contribution in [2.24, 2.45) is 0 Å². The molecule has 2 aromatic heterocycles. The minimum atomic E-state index is 0.0116. The van der Waals surface area contributed by atoms with Gasteiger partial charge in [-0.1, -0.05) is 12.1 Å². The molecule has 0 aliphatic carbocycles. The monoisotopic (exact) mass is 506 g/mol. The maximum atomic E-state index is 12.1. The molecule has 10 heteroatoms. The Morgan fingerprint density at radius 1 is 1.03 bits per heavy atom. The average Bonchev–Trinajstić information content (AvgIpc) is 3.45. The second-order valence-corrected chi connectivity index (χ2v) is 9.73. The number of rotatable bonds is 7. The second kappa shape index (κ2) is 10.4. The summed E-state index contributed by atoms with van der Waals surface area (Å²) in [5.74, 6) is 1.92. The van der Waals surface area contributed by atoms with Crippen LogP contribution in [0, 0.1) is 0 Å². The molecule has 196 valence electrons. The van der Waals surface area contributed by atoms with Gasteiger partial charge in [-0.2, -0.15) is 4.98 Å². The highest BCUT2D eigenvalue weighted by atomic mass is 16.5. The Kier molecular flexibility index (Phi) is 7.01. The summed E-state index contributed by atoms with van der Waals surface area (Å²) >= 11 is 0. The van der Waals surface area contributed by atoms with Crippen LogP contribution in [-0.2, 0) is 0 Å². The zero-order valence-electron chi connectivity index (χ0n) is 21.9. The Balaban J connectivity index is 1.30. The number of carbonyl (C=O) groups excluding carboxylic acids is 1. The molecule has 5 rings (SSSR count). The number of aromatic nitrogens is 3. The van der Waals surface area contributed by atoms with Crippen molar-refractivity contribution in [3.8, 4) is 22.9 Å². The van der Waals surface area contributed by atoms with Crippen LogP contribution in [0.25, 0.3) is 11.4 Å². The van der Waals surface area contributed by atoms with Crippen LogP contribution in [0.15, 0.2) is 41.1 Å². The van der Waals surface area contributed by atoms with Crippen LogP contribution in [-0.4, -0.2) is 85.3 Å². The number of ketones is 1. The number of piperidine rings is 1. The van der Waals surface area contributed by atoms with Crippen molar-refractivity contribution in [3.63, 3.8) is 0 Å².